The average molecular weight is 545 g/mol. The maximum Gasteiger partial charge on any atom is 0.348 e. The summed E-state index contributed by atoms with van der Waals surface area (Å²) in [5, 5.41) is 12.3. The predicted octanol–water partition coefficient (Wildman–Crippen LogP) is 2.70. The molecule has 0 bridgehead atoms. The minimum absolute atomic E-state index is 0.0175. The Morgan fingerprint density at radius 1 is 1.02 bits per heavy atom. The lowest BCUT2D eigenvalue weighted by molar-refractivity contribution is -0.130. The van der Waals surface area contributed by atoms with E-state index in [1.54, 1.807) is 50.5 Å². The molecule has 1 atom stereocenters. The topological polar surface area (TPSA) is 149 Å². The summed E-state index contributed by atoms with van der Waals surface area (Å²) in [5.74, 6) is 1.21. The molecule has 4 rings (SSSR count). The monoisotopic (exact) mass is 544 g/mol. The van der Waals surface area contributed by atoms with E-state index in [-0.39, 0.29) is 18.3 Å². The number of nitrogens with zero attached hydrogens (tertiary/aromatic N) is 3. The molecule has 3 aromatic carbocycles. The zero-order valence-electron chi connectivity index (χ0n) is 22.8. The number of aromatic nitrogens is 3. The number of amidine groups is 1. The van der Waals surface area contributed by atoms with Crippen LogP contribution in [0.15, 0.2) is 71.5 Å². The second-order valence-electron chi connectivity index (χ2n) is 9.25. The highest BCUT2D eigenvalue weighted by atomic mass is 16.5. The van der Waals surface area contributed by atoms with Crippen LogP contribution in [-0.2, 0) is 11.2 Å². The smallest absolute Gasteiger partial charge is 0.348 e. The molecule has 0 aliphatic carbocycles. The standard InChI is InChI=1S/C29H32N6O5/c1-34(2)26(36)17-40-24-14-13-20(16-25(24)39-4)21(15-18-9-11-19(12-10-18)27(30)31)28-32-29(37)35(33-28)22-7-5-6-8-23(22)38-3/h5-14,16,21H,15,17H2,1-4H3,(H3,30,31)(H,32,33,37). The van der Waals surface area contributed by atoms with E-state index in [0.29, 0.717) is 40.7 Å². The van der Waals surface area contributed by atoms with Crippen LogP contribution in [0, 0.1) is 5.41 Å². The Labute approximate surface area is 231 Å². The Morgan fingerprint density at radius 3 is 2.38 bits per heavy atom. The van der Waals surface area contributed by atoms with Crippen LogP contribution >= 0.6 is 0 Å². The summed E-state index contributed by atoms with van der Waals surface area (Å²) < 4.78 is 18.0. The fourth-order valence-corrected chi connectivity index (χ4v) is 4.18. The first-order valence-electron chi connectivity index (χ1n) is 12.5. The Kier molecular flexibility index (Phi) is 8.53. The number of nitrogens with one attached hydrogen (secondary N) is 2. The molecule has 11 heteroatoms. The molecular formula is C29H32N6O5. The molecule has 0 aliphatic heterocycles. The molecule has 0 saturated carbocycles. The molecule has 0 saturated heterocycles. The molecule has 0 radical (unpaired) electrons. The van der Waals surface area contributed by atoms with Crippen molar-refractivity contribution in [2.75, 3.05) is 34.9 Å². The van der Waals surface area contributed by atoms with Crippen LogP contribution in [0.5, 0.6) is 17.2 Å². The van der Waals surface area contributed by atoms with Crippen molar-refractivity contribution in [1.29, 1.82) is 5.41 Å². The van der Waals surface area contributed by atoms with Gasteiger partial charge in [-0.25, -0.2) is 4.79 Å². The lowest BCUT2D eigenvalue weighted by Gasteiger charge is -2.18. The SMILES string of the molecule is COc1cc(C(Cc2ccc(C(=N)N)cc2)c2nn(-c3ccccc3OC)c(=O)[nH]2)ccc1OCC(=O)N(C)C. The van der Waals surface area contributed by atoms with Crippen molar-refractivity contribution in [3.63, 3.8) is 0 Å². The second kappa shape index (κ2) is 12.2. The lowest BCUT2D eigenvalue weighted by Crippen LogP contribution is -2.27. The number of para-hydroxylation sites is 2. The fraction of sp³-hybridized carbons (Fsp3) is 0.241. The van der Waals surface area contributed by atoms with Crippen LogP contribution in [-0.4, -0.2) is 66.3 Å². The van der Waals surface area contributed by atoms with Gasteiger partial charge in [0.15, 0.2) is 18.1 Å². The molecule has 1 heterocycles. The molecule has 4 aromatic rings. The van der Waals surface area contributed by atoms with Gasteiger partial charge in [-0.3, -0.25) is 15.2 Å². The number of ether oxygens (including phenoxy) is 3. The first kappa shape index (κ1) is 28.0. The molecule has 0 aliphatic rings. The van der Waals surface area contributed by atoms with Gasteiger partial charge in [0.1, 0.15) is 23.1 Å². The second-order valence-corrected chi connectivity index (χ2v) is 9.25. The highest BCUT2D eigenvalue weighted by Gasteiger charge is 2.23. The van der Waals surface area contributed by atoms with Crippen molar-refractivity contribution >= 4 is 11.7 Å². The quantitative estimate of drug-likeness (QED) is 0.194. The lowest BCUT2D eigenvalue weighted by atomic mass is 9.90. The first-order chi connectivity index (χ1) is 19.2. The maximum absolute atomic E-state index is 13.1. The molecule has 1 aromatic heterocycles. The summed E-state index contributed by atoms with van der Waals surface area (Å²) in [7, 11) is 6.37. The zero-order valence-corrected chi connectivity index (χ0v) is 22.8. The minimum atomic E-state index is -0.412. The van der Waals surface area contributed by atoms with Gasteiger partial charge in [-0.1, -0.05) is 42.5 Å². The summed E-state index contributed by atoms with van der Waals surface area (Å²) >= 11 is 0. The highest BCUT2D eigenvalue weighted by Crippen LogP contribution is 2.34. The summed E-state index contributed by atoms with van der Waals surface area (Å²) in [6.45, 7) is -0.134. The number of H-pyrrole nitrogens is 1. The summed E-state index contributed by atoms with van der Waals surface area (Å²) in [4.78, 5) is 29.5. The molecule has 208 valence electrons. The number of methoxy groups -OCH3 is 2. The van der Waals surface area contributed by atoms with Crippen molar-refractivity contribution in [2.45, 2.75) is 12.3 Å². The van der Waals surface area contributed by atoms with E-state index < -0.39 is 11.6 Å². The maximum atomic E-state index is 13.1. The molecule has 11 nitrogen and oxygen atoms in total. The fourth-order valence-electron chi connectivity index (χ4n) is 4.18. The largest absolute Gasteiger partial charge is 0.494 e. The average Bonchev–Trinajstić information content (AvgIpc) is 3.35. The van der Waals surface area contributed by atoms with Crippen molar-refractivity contribution in [1.82, 2.24) is 19.7 Å². The van der Waals surface area contributed by atoms with Crippen molar-refractivity contribution < 1.29 is 19.0 Å². The van der Waals surface area contributed by atoms with Gasteiger partial charge in [0.25, 0.3) is 5.91 Å². The van der Waals surface area contributed by atoms with E-state index in [1.807, 2.05) is 30.3 Å². The third kappa shape index (κ3) is 6.15. The zero-order chi connectivity index (χ0) is 28.8. The van der Waals surface area contributed by atoms with Crippen LogP contribution in [0.3, 0.4) is 0 Å². The number of carbonyl (C=O) groups excluding carboxylic acids is 1. The Hall–Kier alpha value is -5.06. The number of nitrogen functional groups attached to an aromatic ring is 1. The number of rotatable bonds is 11. The molecule has 4 N–H and O–H groups in total. The molecule has 1 amide bonds. The van der Waals surface area contributed by atoms with E-state index in [0.717, 1.165) is 11.1 Å². The third-order valence-corrected chi connectivity index (χ3v) is 6.42. The van der Waals surface area contributed by atoms with Gasteiger partial charge in [-0.2, -0.15) is 4.68 Å². The number of hydrogen-bond donors (Lipinski definition) is 3. The number of amides is 1. The highest BCUT2D eigenvalue weighted by molar-refractivity contribution is 5.94. The summed E-state index contributed by atoms with van der Waals surface area (Å²) in [5.41, 5.74) is 8.08. The normalized spacial score (nSPS) is 11.5. The molecule has 1 unspecified atom stereocenters. The minimum Gasteiger partial charge on any atom is -0.494 e. The van der Waals surface area contributed by atoms with Crippen LogP contribution < -0.4 is 25.6 Å². The first-order valence-corrected chi connectivity index (χ1v) is 12.5. The van der Waals surface area contributed by atoms with Gasteiger partial charge < -0.3 is 24.8 Å². The number of benzene rings is 3. The number of hydrogen-bond acceptors (Lipinski definition) is 7. The van der Waals surface area contributed by atoms with Gasteiger partial charge in [0.2, 0.25) is 0 Å². The van der Waals surface area contributed by atoms with Crippen molar-refractivity contribution in [3.05, 3.63) is 99.7 Å². The number of likely N-dealkylation sites (N-methyl/N-ethyl adjacent to an activating group) is 1. The summed E-state index contributed by atoms with van der Waals surface area (Å²) in [6.07, 6.45) is 0.472. The molecular weight excluding hydrogens is 512 g/mol. The van der Waals surface area contributed by atoms with Crippen LogP contribution in [0.2, 0.25) is 0 Å². The number of aromatic amines is 1. The van der Waals surface area contributed by atoms with Crippen molar-refractivity contribution in [2.24, 2.45) is 5.73 Å². The van der Waals surface area contributed by atoms with Crippen LogP contribution in [0.4, 0.5) is 0 Å². The molecule has 0 fully saturated rings. The van der Waals surface area contributed by atoms with Gasteiger partial charge in [-0.05, 0) is 41.8 Å². The van der Waals surface area contributed by atoms with E-state index in [1.165, 1.54) is 23.8 Å². The number of carbonyl (C=O) groups is 1. The van der Waals surface area contributed by atoms with Gasteiger partial charge in [-0.15, -0.1) is 5.10 Å². The van der Waals surface area contributed by atoms with Crippen molar-refractivity contribution in [3.8, 4) is 22.9 Å². The third-order valence-electron chi connectivity index (χ3n) is 6.42. The van der Waals surface area contributed by atoms with E-state index in [2.05, 4.69) is 10.1 Å². The number of nitrogens with two attached hydrogens (primary N) is 1. The summed E-state index contributed by atoms with van der Waals surface area (Å²) in [6, 6.07) is 19.9. The van der Waals surface area contributed by atoms with E-state index in [9.17, 15) is 9.59 Å². The van der Waals surface area contributed by atoms with Crippen LogP contribution in [0.1, 0.15) is 28.4 Å². The van der Waals surface area contributed by atoms with Gasteiger partial charge >= 0.3 is 5.69 Å². The van der Waals surface area contributed by atoms with Gasteiger partial charge in [0.05, 0.1) is 14.2 Å². The Balaban J connectivity index is 1.75. The van der Waals surface area contributed by atoms with E-state index >= 15 is 0 Å². The molecule has 0 spiro atoms. The molecule has 40 heavy (non-hydrogen) atoms. The predicted molar refractivity (Wildman–Crippen MR) is 151 cm³/mol. The Bertz CT molecular complexity index is 1560. The van der Waals surface area contributed by atoms with Gasteiger partial charge in [0, 0.05) is 25.6 Å². The Morgan fingerprint density at radius 2 is 1.73 bits per heavy atom. The van der Waals surface area contributed by atoms with E-state index in [4.69, 9.17) is 25.4 Å². The van der Waals surface area contributed by atoms with Crippen LogP contribution in [0.25, 0.3) is 5.69 Å².